The number of rotatable bonds is 3. The van der Waals surface area contributed by atoms with E-state index in [-0.39, 0.29) is 11.8 Å². The number of halogens is 1. The van der Waals surface area contributed by atoms with Crippen molar-refractivity contribution in [1.82, 2.24) is 4.98 Å². The molecule has 4 nitrogen and oxygen atoms in total. The Morgan fingerprint density at radius 2 is 2.00 bits per heavy atom. The van der Waals surface area contributed by atoms with E-state index in [1.165, 1.54) is 17.4 Å². The number of fused-ring (bicyclic) bond motifs is 1. The van der Waals surface area contributed by atoms with Gasteiger partial charge in [0.1, 0.15) is 11.3 Å². The van der Waals surface area contributed by atoms with E-state index in [1.807, 2.05) is 11.4 Å². The molecule has 0 aliphatic carbocycles. The van der Waals surface area contributed by atoms with Gasteiger partial charge in [0.25, 0.3) is 5.91 Å². The van der Waals surface area contributed by atoms with Crippen LogP contribution in [-0.4, -0.2) is 10.9 Å². The van der Waals surface area contributed by atoms with Crippen LogP contribution in [0.15, 0.2) is 64.4 Å². The Morgan fingerprint density at radius 3 is 2.79 bits per heavy atom. The topological polar surface area (TPSA) is 55.1 Å². The standard InChI is InChI=1S/C18H11FN2O2S/c19-13-5-2-1-4-12(13)18-21-14-10-11(7-8-15(14)23-18)20-17(22)16-6-3-9-24-16/h1-10H,(H,20,22). The minimum atomic E-state index is -0.393. The second-order valence-electron chi connectivity index (χ2n) is 5.11. The molecule has 1 amide bonds. The van der Waals surface area contributed by atoms with E-state index in [9.17, 15) is 9.18 Å². The number of anilines is 1. The Kier molecular flexibility index (Phi) is 3.59. The lowest BCUT2D eigenvalue weighted by Crippen LogP contribution is -2.09. The molecule has 2 aromatic heterocycles. The summed E-state index contributed by atoms with van der Waals surface area (Å²) in [6, 6.07) is 15.0. The van der Waals surface area contributed by atoms with Crippen molar-refractivity contribution in [3.8, 4) is 11.5 Å². The first kappa shape index (κ1) is 14.6. The highest BCUT2D eigenvalue weighted by Gasteiger charge is 2.13. The maximum Gasteiger partial charge on any atom is 0.265 e. The lowest BCUT2D eigenvalue weighted by atomic mass is 10.2. The van der Waals surface area contributed by atoms with E-state index < -0.39 is 5.82 Å². The number of benzene rings is 2. The third-order valence-electron chi connectivity index (χ3n) is 3.49. The van der Waals surface area contributed by atoms with Gasteiger partial charge >= 0.3 is 0 Å². The van der Waals surface area contributed by atoms with Gasteiger partial charge in [-0.2, -0.15) is 0 Å². The molecular weight excluding hydrogens is 327 g/mol. The zero-order valence-corrected chi connectivity index (χ0v) is 13.1. The summed E-state index contributed by atoms with van der Waals surface area (Å²) in [7, 11) is 0. The molecule has 0 unspecified atom stereocenters. The average molecular weight is 338 g/mol. The van der Waals surface area contributed by atoms with Crippen molar-refractivity contribution in [2.45, 2.75) is 0 Å². The lowest BCUT2D eigenvalue weighted by Gasteiger charge is -2.02. The summed E-state index contributed by atoms with van der Waals surface area (Å²) in [4.78, 5) is 17.0. The zero-order valence-electron chi connectivity index (χ0n) is 12.3. The number of nitrogens with one attached hydrogen (secondary N) is 1. The van der Waals surface area contributed by atoms with Crippen LogP contribution in [-0.2, 0) is 0 Å². The molecule has 0 atom stereocenters. The number of carbonyl (C=O) groups excluding carboxylic acids is 1. The van der Waals surface area contributed by atoms with Gasteiger partial charge in [0, 0.05) is 5.69 Å². The summed E-state index contributed by atoms with van der Waals surface area (Å²) in [6.45, 7) is 0. The van der Waals surface area contributed by atoms with E-state index in [4.69, 9.17) is 4.42 Å². The highest BCUT2D eigenvalue weighted by Crippen LogP contribution is 2.28. The second kappa shape index (κ2) is 5.90. The summed E-state index contributed by atoms with van der Waals surface area (Å²) < 4.78 is 19.5. The quantitative estimate of drug-likeness (QED) is 0.575. The number of hydrogen-bond acceptors (Lipinski definition) is 4. The number of thiophene rings is 1. The number of carbonyl (C=O) groups is 1. The predicted molar refractivity (Wildman–Crippen MR) is 91.7 cm³/mol. The second-order valence-corrected chi connectivity index (χ2v) is 6.06. The average Bonchev–Trinajstić information content (AvgIpc) is 3.24. The smallest absolute Gasteiger partial charge is 0.265 e. The minimum Gasteiger partial charge on any atom is -0.436 e. The van der Waals surface area contributed by atoms with Gasteiger partial charge in [-0.3, -0.25) is 4.79 Å². The highest BCUT2D eigenvalue weighted by atomic mass is 32.1. The van der Waals surface area contributed by atoms with Crippen LogP contribution in [0.25, 0.3) is 22.6 Å². The Bertz CT molecular complexity index is 1020. The van der Waals surface area contributed by atoms with Gasteiger partial charge in [0.05, 0.1) is 10.4 Å². The first-order valence-electron chi connectivity index (χ1n) is 7.21. The molecule has 24 heavy (non-hydrogen) atoms. The van der Waals surface area contributed by atoms with Gasteiger partial charge < -0.3 is 9.73 Å². The Labute approximate surface area is 140 Å². The highest BCUT2D eigenvalue weighted by molar-refractivity contribution is 7.12. The molecule has 0 saturated heterocycles. The fourth-order valence-electron chi connectivity index (χ4n) is 2.36. The van der Waals surface area contributed by atoms with Gasteiger partial charge in [-0.15, -0.1) is 11.3 Å². The van der Waals surface area contributed by atoms with Crippen LogP contribution in [0.2, 0.25) is 0 Å². The van der Waals surface area contributed by atoms with Crippen LogP contribution in [0, 0.1) is 5.82 Å². The van der Waals surface area contributed by atoms with Crippen LogP contribution < -0.4 is 5.32 Å². The number of aromatic nitrogens is 1. The van der Waals surface area contributed by atoms with Crippen LogP contribution in [0.1, 0.15) is 9.67 Å². The molecule has 0 radical (unpaired) electrons. The van der Waals surface area contributed by atoms with Crippen molar-refractivity contribution >= 4 is 34.0 Å². The van der Waals surface area contributed by atoms with Gasteiger partial charge in [-0.25, -0.2) is 9.37 Å². The predicted octanol–water partition coefficient (Wildman–Crippen LogP) is 4.95. The van der Waals surface area contributed by atoms with E-state index >= 15 is 0 Å². The zero-order chi connectivity index (χ0) is 16.5. The molecule has 1 N–H and O–H groups in total. The van der Waals surface area contributed by atoms with Gasteiger partial charge in [-0.05, 0) is 41.8 Å². The lowest BCUT2D eigenvalue weighted by molar-refractivity contribution is 0.103. The first-order chi connectivity index (χ1) is 11.7. The van der Waals surface area contributed by atoms with Gasteiger partial charge in [0.2, 0.25) is 5.89 Å². The fraction of sp³-hybridized carbons (Fsp3) is 0. The molecular formula is C18H11FN2O2S. The minimum absolute atomic E-state index is 0.179. The first-order valence-corrected chi connectivity index (χ1v) is 8.09. The van der Waals surface area contributed by atoms with Crippen molar-refractivity contribution in [2.75, 3.05) is 5.32 Å². The van der Waals surface area contributed by atoms with Crippen LogP contribution >= 0.6 is 11.3 Å². The third-order valence-corrected chi connectivity index (χ3v) is 4.36. The van der Waals surface area contributed by atoms with Crippen molar-refractivity contribution in [2.24, 2.45) is 0 Å². The summed E-state index contributed by atoms with van der Waals surface area (Å²) in [5.74, 6) is -0.359. The molecule has 0 saturated carbocycles. The molecule has 0 aliphatic rings. The molecule has 0 aliphatic heterocycles. The number of amides is 1. The molecule has 2 aromatic carbocycles. The molecule has 0 fully saturated rings. The monoisotopic (exact) mass is 338 g/mol. The summed E-state index contributed by atoms with van der Waals surface area (Å²) in [5.41, 5.74) is 1.99. The molecule has 6 heteroatoms. The molecule has 0 spiro atoms. The van der Waals surface area contributed by atoms with Crippen molar-refractivity contribution in [3.05, 3.63) is 70.7 Å². The maximum absolute atomic E-state index is 13.9. The van der Waals surface area contributed by atoms with E-state index in [2.05, 4.69) is 10.3 Å². The molecule has 2 heterocycles. The van der Waals surface area contributed by atoms with Gasteiger partial charge in [0.15, 0.2) is 5.58 Å². The van der Waals surface area contributed by atoms with E-state index in [0.29, 0.717) is 27.2 Å². The number of nitrogens with zero attached hydrogens (tertiary/aromatic N) is 1. The molecule has 118 valence electrons. The Balaban J connectivity index is 1.66. The third kappa shape index (κ3) is 2.68. The summed E-state index contributed by atoms with van der Waals surface area (Å²) >= 11 is 1.37. The fourth-order valence-corrected chi connectivity index (χ4v) is 2.97. The summed E-state index contributed by atoms with van der Waals surface area (Å²) in [5, 5.41) is 4.66. The largest absolute Gasteiger partial charge is 0.436 e. The normalized spacial score (nSPS) is 10.9. The van der Waals surface area contributed by atoms with Crippen molar-refractivity contribution in [1.29, 1.82) is 0 Å². The molecule has 0 bridgehead atoms. The molecule has 4 rings (SSSR count). The van der Waals surface area contributed by atoms with E-state index in [1.54, 1.807) is 42.5 Å². The SMILES string of the molecule is O=C(Nc1ccc2oc(-c3ccccc3F)nc2c1)c1cccs1. The Morgan fingerprint density at radius 1 is 1.12 bits per heavy atom. The Hall–Kier alpha value is -2.99. The number of hydrogen-bond donors (Lipinski definition) is 1. The maximum atomic E-state index is 13.9. The van der Waals surface area contributed by atoms with Crippen LogP contribution in [0.4, 0.5) is 10.1 Å². The van der Waals surface area contributed by atoms with E-state index in [0.717, 1.165) is 0 Å². The van der Waals surface area contributed by atoms with Crippen molar-refractivity contribution in [3.63, 3.8) is 0 Å². The van der Waals surface area contributed by atoms with Crippen LogP contribution in [0.3, 0.4) is 0 Å². The van der Waals surface area contributed by atoms with Crippen LogP contribution in [0.5, 0.6) is 0 Å². The van der Waals surface area contributed by atoms with Crippen molar-refractivity contribution < 1.29 is 13.6 Å². The summed E-state index contributed by atoms with van der Waals surface area (Å²) in [6.07, 6.45) is 0. The van der Waals surface area contributed by atoms with Gasteiger partial charge in [-0.1, -0.05) is 18.2 Å². The molecule has 4 aromatic rings. The number of oxazole rings is 1.